The minimum Gasteiger partial charge on any atom is -0.388 e. The molecule has 2 fully saturated rings. The average molecular weight is 528 g/mol. The van der Waals surface area contributed by atoms with E-state index < -0.39 is 6.10 Å². The maximum Gasteiger partial charge on any atom is 0.225 e. The van der Waals surface area contributed by atoms with Crippen LogP contribution in [0.2, 0.25) is 0 Å². The van der Waals surface area contributed by atoms with Gasteiger partial charge >= 0.3 is 0 Å². The van der Waals surface area contributed by atoms with E-state index in [0.717, 1.165) is 53.5 Å². The van der Waals surface area contributed by atoms with Gasteiger partial charge in [-0.3, -0.25) is 14.2 Å². The summed E-state index contributed by atoms with van der Waals surface area (Å²) >= 11 is 0. The predicted molar refractivity (Wildman–Crippen MR) is 145 cm³/mol. The number of nitrogens with zero attached hydrogens (tertiary/aromatic N) is 7. The number of ether oxygens (including phenoxy) is 1. The van der Waals surface area contributed by atoms with Gasteiger partial charge in [-0.05, 0) is 37.3 Å². The van der Waals surface area contributed by atoms with Crippen LogP contribution < -0.4 is 0 Å². The van der Waals surface area contributed by atoms with Crippen LogP contribution in [0, 0.1) is 5.92 Å². The largest absolute Gasteiger partial charge is 0.388 e. The van der Waals surface area contributed by atoms with Gasteiger partial charge in [0.15, 0.2) is 5.82 Å². The highest BCUT2D eigenvalue weighted by atomic mass is 16.5. The fourth-order valence-corrected chi connectivity index (χ4v) is 5.73. The highest BCUT2D eigenvalue weighted by molar-refractivity contribution is 5.79. The first-order valence-corrected chi connectivity index (χ1v) is 13.4. The molecule has 1 amide bonds. The zero-order chi connectivity index (χ0) is 26.9. The summed E-state index contributed by atoms with van der Waals surface area (Å²) in [5, 5.41) is 19.0. The summed E-state index contributed by atoms with van der Waals surface area (Å²) in [6.45, 7) is 0.826. The van der Waals surface area contributed by atoms with Crippen molar-refractivity contribution in [1.29, 1.82) is 0 Å². The van der Waals surface area contributed by atoms with Crippen LogP contribution in [-0.2, 0) is 16.6 Å². The van der Waals surface area contributed by atoms with Crippen molar-refractivity contribution in [3.05, 3.63) is 61.4 Å². The molecule has 1 N–H and O–H groups in total. The van der Waals surface area contributed by atoms with Gasteiger partial charge in [-0.15, -0.1) is 0 Å². The first-order valence-electron chi connectivity index (χ1n) is 13.4. The number of aryl methyl sites for hydroxylation is 1. The summed E-state index contributed by atoms with van der Waals surface area (Å²) in [4.78, 5) is 24.0. The quantitative estimate of drug-likeness (QED) is 0.409. The van der Waals surface area contributed by atoms with Gasteiger partial charge < -0.3 is 14.7 Å². The third kappa shape index (κ3) is 5.22. The van der Waals surface area contributed by atoms with Gasteiger partial charge in [0.1, 0.15) is 6.10 Å². The van der Waals surface area contributed by atoms with E-state index in [1.54, 1.807) is 16.7 Å². The fraction of sp³-hybridized carbons (Fsp3) is 0.414. The molecule has 10 heteroatoms. The molecule has 2 atom stereocenters. The van der Waals surface area contributed by atoms with Gasteiger partial charge in [0.05, 0.1) is 24.5 Å². The molecule has 0 spiro atoms. The number of hydrogen-bond acceptors (Lipinski definition) is 7. The highest BCUT2D eigenvalue weighted by Gasteiger charge is 2.38. The Labute approximate surface area is 227 Å². The summed E-state index contributed by atoms with van der Waals surface area (Å²) in [6, 6.07) is 8.41. The van der Waals surface area contributed by atoms with Gasteiger partial charge in [0, 0.05) is 80.2 Å². The number of methoxy groups -OCH3 is 1. The van der Waals surface area contributed by atoms with Crippen molar-refractivity contribution in [3.63, 3.8) is 0 Å². The normalized spacial score (nSPS) is 23.3. The summed E-state index contributed by atoms with van der Waals surface area (Å²) in [5.41, 5.74) is 4.96. The molecule has 0 bridgehead atoms. The molecule has 4 aromatic rings. The predicted octanol–water partition coefficient (Wildman–Crippen LogP) is 3.36. The first kappa shape index (κ1) is 25.4. The van der Waals surface area contributed by atoms with Crippen LogP contribution in [0.1, 0.15) is 31.7 Å². The number of aromatic nitrogens is 6. The van der Waals surface area contributed by atoms with Crippen molar-refractivity contribution in [3.8, 4) is 33.6 Å². The maximum absolute atomic E-state index is 13.0. The number of aliphatic hydroxyl groups is 1. The van der Waals surface area contributed by atoms with Crippen LogP contribution in [0.25, 0.3) is 33.6 Å². The van der Waals surface area contributed by atoms with E-state index in [9.17, 15) is 9.90 Å². The van der Waals surface area contributed by atoms with Crippen molar-refractivity contribution in [2.45, 2.75) is 43.9 Å². The topological polar surface area (TPSA) is 111 Å². The molecule has 1 saturated carbocycles. The molecule has 202 valence electrons. The summed E-state index contributed by atoms with van der Waals surface area (Å²) in [5.74, 6) is 0.801. The average Bonchev–Trinajstić information content (AvgIpc) is 3.73. The second-order valence-corrected chi connectivity index (χ2v) is 10.6. The third-order valence-electron chi connectivity index (χ3n) is 8.02. The highest BCUT2D eigenvalue weighted by Crippen LogP contribution is 2.34. The van der Waals surface area contributed by atoms with E-state index in [0.29, 0.717) is 18.9 Å². The Morgan fingerprint density at radius 1 is 0.897 bits per heavy atom. The van der Waals surface area contributed by atoms with Crippen molar-refractivity contribution < 1.29 is 14.6 Å². The van der Waals surface area contributed by atoms with Crippen LogP contribution in [0.5, 0.6) is 0 Å². The molecule has 4 heterocycles. The number of carbonyl (C=O) groups excluding carboxylic acids is 1. The minimum absolute atomic E-state index is 0.00307. The van der Waals surface area contributed by atoms with Crippen LogP contribution in [0.15, 0.2) is 61.4 Å². The molecule has 1 aliphatic heterocycles. The maximum atomic E-state index is 13.0. The van der Waals surface area contributed by atoms with E-state index in [-0.39, 0.29) is 24.0 Å². The van der Waals surface area contributed by atoms with Crippen LogP contribution in [0.3, 0.4) is 0 Å². The summed E-state index contributed by atoms with van der Waals surface area (Å²) < 4.78 is 9.09. The van der Waals surface area contributed by atoms with Crippen LogP contribution in [-0.4, -0.2) is 77.8 Å². The molecule has 3 aromatic heterocycles. The van der Waals surface area contributed by atoms with E-state index in [4.69, 9.17) is 4.74 Å². The lowest BCUT2D eigenvalue weighted by Crippen LogP contribution is -2.37. The van der Waals surface area contributed by atoms with Crippen molar-refractivity contribution in [2.75, 3.05) is 20.2 Å². The third-order valence-corrected chi connectivity index (χ3v) is 8.02. The van der Waals surface area contributed by atoms with E-state index in [1.165, 1.54) is 0 Å². The van der Waals surface area contributed by atoms with Gasteiger partial charge in [-0.2, -0.15) is 10.2 Å². The Morgan fingerprint density at radius 3 is 2.31 bits per heavy atom. The molecule has 1 aromatic carbocycles. The van der Waals surface area contributed by atoms with Crippen molar-refractivity contribution in [2.24, 2.45) is 13.0 Å². The molecule has 6 rings (SSSR count). The number of rotatable bonds is 6. The van der Waals surface area contributed by atoms with E-state index in [2.05, 4.69) is 32.3 Å². The number of likely N-dealkylation sites (tertiary alicyclic amines) is 1. The number of amides is 1. The Kier molecular flexibility index (Phi) is 6.97. The zero-order valence-corrected chi connectivity index (χ0v) is 22.2. The van der Waals surface area contributed by atoms with Crippen molar-refractivity contribution >= 4 is 5.91 Å². The molecule has 39 heavy (non-hydrogen) atoms. The number of benzene rings is 1. The molecule has 2 aliphatic rings. The zero-order valence-electron chi connectivity index (χ0n) is 22.2. The van der Waals surface area contributed by atoms with E-state index >= 15 is 0 Å². The second-order valence-electron chi connectivity index (χ2n) is 10.6. The molecule has 1 aliphatic carbocycles. The monoisotopic (exact) mass is 527 g/mol. The molecule has 10 nitrogen and oxygen atoms in total. The standard InChI is InChI=1S/C29H33N7O3/c1-34-15-23(13-32-34)20-4-3-5-21(10-20)28-30-11-22(12-31-28)24-14-33-36(16-24)25-8-6-19(7-9-25)29(38)35-17-26(37)27(18-35)39-2/h3-5,10-16,19,25-27,37H,6-9,17-18H2,1-2H3/t19?,25?,26-,27-/m0/s1. The molecular formula is C29H33N7O3. The molecular weight excluding hydrogens is 494 g/mol. The molecule has 0 unspecified atom stereocenters. The van der Waals surface area contributed by atoms with Gasteiger partial charge in [0.2, 0.25) is 5.91 Å². The number of hydrogen-bond donors (Lipinski definition) is 1. The first-order chi connectivity index (χ1) is 19.0. The lowest BCUT2D eigenvalue weighted by Gasteiger charge is -2.30. The van der Waals surface area contributed by atoms with Gasteiger partial charge in [0.25, 0.3) is 0 Å². The Hall–Kier alpha value is -3.89. The smallest absolute Gasteiger partial charge is 0.225 e. The number of aliphatic hydroxyl groups excluding tert-OH is 1. The fourth-order valence-electron chi connectivity index (χ4n) is 5.73. The summed E-state index contributed by atoms with van der Waals surface area (Å²) in [7, 11) is 3.48. The Balaban J connectivity index is 1.08. The molecule has 0 radical (unpaired) electrons. The van der Waals surface area contributed by atoms with E-state index in [1.807, 2.05) is 61.0 Å². The van der Waals surface area contributed by atoms with Crippen LogP contribution >= 0.6 is 0 Å². The van der Waals surface area contributed by atoms with Crippen LogP contribution in [0.4, 0.5) is 0 Å². The lowest BCUT2D eigenvalue weighted by molar-refractivity contribution is -0.136. The van der Waals surface area contributed by atoms with Gasteiger partial charge in [-0.1, -0.05) is 18.2 Å². The summed E-state index contributed by atoms with van der Waals surface area (Å²) in [6.07, 6.45) is 14.0. The lowest BCUT2D eigenvalue weighted by atomic mass is 9.85. The Morgan fingerprint density at radius 2 is 1.62 bits per heavy atom. The number of carbonyl (C=O) groups is 1. The molecule has 1 saturated heterocycles. The van der Waals surface area contributed by atoms with Gasteiger partial charge in [-0.25, -0.2) is 9.97 Å². The second kappa shape index (κ2) is 10.7. The number of β-amino-alcohol motifs (C(OH)–C–C–N with tert-alkyl or cyclic N) is 1. The minimum atomic E-state index is -0.604. The van der Waals surface area contributed by atoms with Crippen molar-refractivity contribution in [1.82, 2.24) is 34.4 Å². The SMILES string of the molecule is CO[C@H]1CN(C(=O)C2CCC(n3cc(-c4cnc(-c5cccc(-c6cnn(C)c6)c5)nc4)cn3)CC2)C[C@@H]1O. The Bertz CT molecular complexity index is 1440.